The summed E-state index contributed by atoms with van der Waals surface area (Å²) >= 11 is 3.43. The molecule has 3 rings (SSSR count). The van der Waals surface area contributed by atoms with Crippen LogP contribution in [0.15, 0.2) is 46.9 Å². The van der Waals surface area contributed by atoms with E-state index in [0.717, 1.165) is 10.0 Å². The average Bonchev–Trinajstić information content (AvgIpc) is 2.89. The largest absolute Gasteiger partial charge is 0.321 e. The first kappa shape index (κ1) is 17.0. The van der Waals surface area contributed by atoms with Crippen molar-refractivity contribution in [2.24, 2.45) is 0 Å². The number of nitrogens with zero attached hydrogens (tertiary/aromatic N) is 1. The Morgan fingerprint density at radius 1 is 1.21 bits per heavy atom. The molecule has 1 fully saturated rings. The fraction of sp³-hybridized carbons (Fsp3) is 0.235. The number of carbonyl (C=O) groups is 1. The van der Waals surface area contributed by atoms with Gasteiger partial charge in [-0.05, 0) is 65.2 Å². The van der Waals surface area contributed by atoms with Gasteiger partial charge in [0.05, 0.1) is 17.1 Å². The molecule has 0 saturated carbocycles. The Labute approximate surface area is 149 Å². The molecule has 1 amide bonds. The minimum atomic E-state index is -3.26. The van der Waals surface area contributed by atoms with E-state index in [9.17, 15) is 13.2 Å². The standard InChI is InChI=1S/C17H17BrN2O3S/c1-12-6-7-16(15(18)10-12)19-17(21)13-4-2-5-14(11-13)20-8-3-9-24(20,22)23/h2,4-7,10-11H,3,8-9H2,1H3,(H,19,21). The van der Waals surface area contributed by atoms with Gasteiger partial charge in [-0.3, -0.25) is 9.10 Å². The van der Waals surface area contributed by atoms with Gasteiger partial charge < -0.3 is 5.32 Å². The van der Waals surface area contributed by atoms with Gasteiger partial charge in [-0.15, -0.1) is 0 Å². The van der Waals surface area contributed by atoms with Crippen LogP contribution < -0.4 is 9.62 Å². The topological polar surface area (TPSA) is 66.5 Å². The van der Waals surface area contributed by atoms with Crippen LogP contribution in [0.1, 0.15) is 22.3 Å². The molecule has 0 spiro atoms. The number of carbonyl (C=O) groups excluding carboxylic acids is 1. The van der Waals surface area contributed by atoms with E-state index in [1.165, 1.54) is 4.31 Å². The molecule has 1 aliphatic rings. The summed E-state index contributed by atoms with van der Waals surface area (Å²) in [7, 11) is -3.26. The third-order valence-corrected chi connectivity index (χ3v) is 6.39. The Morgan fingerprint density at radius 2 is 2.00 bits per heavy atom. The second-order valence-electron chi connectivity index (χ2n) is 5.73. The molecule has 24 heavy (non-hydrogen) atoms. The van der Waals surface area contributed by atoms with Crippen LogP contribution in [-0.4, -0.2) is 26.6 Å². The highest BCUT2D eigenvalue weighted by Crippen LogP contribution is 2.26. The van der Waals surface area contributed by atoms with Gasteiger partial charge in [-0.25, -0.2) is 8.42 Å². The zero-order valence-corrected chi connectivity index (χ0v) is 15.5. The van der Waals surface area contributed by atoms with Crippen LogP contribution >= 0.6 is 15.9 Å². The summed E-state index contributed by atoms with van der Waals surface area (Å²) in [5.74, 6) is -0.127. The van der Waals surface area contributed by atoms with Gasteiger partial charge in [0.25, 0.3) is 5.91 Å². The van der Waals surface area contributed by atoms with E-state index in [2.05, 4.69) is 21.2 Å². The van der Waals surface area contributed by atoms with Gasteiger partial charge in [0.2, 0.25) is 10.0 Å². The summed E-state index contributed by atoms with van der Waals surface area (Å²) in [4.78, 5) is 12.5. The molecule has 0 aliphatic carbocycles. The first-order valence-electron chi connectivity index (χ1n) is 7.55. The smallest absolute Gasteiger partial charge is 0.255 e. The van der Waals surface area contributed by atoms with Crippen molar-refractivity contribution in [1.29, 1.82) is 0 Å². The first-order chi connectivity index (χ1) is 11.4. The van der Waals surface area contributed by atoms with E-state index in [1.807, 2.05) is 25.1 Å². The molecule has 0 bridgehead atoms. The third kappa shape index (κ3) is 3.47. The zero-order chi connectivity index (χ0) is 17.3. The highest BCUT2D eigenvalue weighted by atomic mass is 79.9. The number of benzene rings is 2. The van der Waals surface area contributed by atoms with Gasteiger partial charge in [-0.1, -0.05) is 12.1 Å². The van der Waals surface area contributed by atoms with Crippen molar-refractivity contribution in [2.45, 2.75) is 13.3 Å². The lowest BCUT2D eigenvalue weighted by molar-refractivity contribution is 0.102. The number of aryl methyl sites for hydroxylation is 1. The highest BCUT2D eigenvalue weighted by molar-refractivity contribution is 9.10. The Bertz CT molecular complexity index is 896. The van der Waals surface area contributed by atoms with Crippen molar-refractivity contribution in [3.63, 3.8) is 0 Å². The maximum atomic E-state index is 12.5. The van der Waals surface area contributed by atoms with Crippen LogP contribution in [0.3, 0.4) is 0 Å². The normalized spacial score (nSPS) is 16.2. The number of rotatable bonds is 3. The van der Waals surface area contributed by atoms with E-state index in [4.69, 9.17) is 0 Å². The number of anilines is 2. The van der Waals surface area contributed by atoms with Gasteiger partial charge in [0.15, 0.2) is 0 Å². The highest BCUT2D eigenvalue weighted by Gasteiger charge is 2.28. The van der Waals surface area contributed by atoms with Gasteiger partial charge in [-0.2, -0.15) is 0 Å². The minimum absolute atomic E-state index is 0.153. The lowest BCUT2D eigenvalue weighted by Gasteiger charge is -2.17. The molecule has 2 aromatic rings. The Kier molecular flexibility index (Phi) is 4.64. The van der Waals surface area contributed by atoms with Crippen LogP contribution in [0, 0.1) is 6.92 Å². The van der Waals surface area contributed by atoms with E-state index >= 15 is 0 Å². The maximum Gasteiger partial charge on any atom is 0.255 e. The molecule has 2 aromatic carbocycles. The van der Waals surface area contributed by atoms with Crippen molar-refractivity contribution >= 4 is 43.2 Å². The summed E-state index contributed by atoms with van der Waals surface area (Å²) in [6.07, 6.45) is 0.606. The number of sulfonamides is 1. The second-order valence-corrected chi connectivity index (χ2v) is 8.60. The number of hydrogen-bond acceptors (Lipinski definition) is 3. The molecule has 1 heterocycles. The SMILES string of the molecule is Cc1ccc(NC(=O)c2cccc(N3CCCS3(=O)=O)c2)c(Br)c1. The van der Waals surface area contributed by atoms with Gasteiger partial charge in [0.1, 0.15) is 0 Å². The predicted molar refractivity (Wildman–Crippen MR) is 99.0 cm³/mol. The van der Waals surface area contributed by atoms with E-state index in [1.54, 1.807) is 24.3 Å². The quantitative estimate of drug-likeness (QED) is 0.843. The van der Waals surface area contributed by atoms with E-state index in [-0.39, 0.29) is 11.7 Å². The number of nitrogens with one attached hydrogen (secondary N) is 1. The third-order valence-electron chi connectivity index (χ3n) is 3.87. The number of amides is 1. The fourth-order valence-electron chi connectivity index (χ4n) is 2.65. The molecular formula is C17H17BrN2O3S. The summed E-state index contributed by atoms with van der Waals surface area (Å²) in [5.41, 5.74) is 2.70. The Balaban J connectivity index is 1.84. The summed E-state index contributed by atoms with van der Waals surface area (Å²) in [5, 5.41) is 2.84. The summed E-state index contributed by atoms with van der Waals surface area (Å²) in [6, 6.07) is 12.3. The van der Waals surface area contributed by atoms with Crippen molar-refractivity contribution < 1.29 is 13.2 Å². The van der Waals surface area contributed by atoms with Crippen LogP contribution in [0.2, 0.25) is 0 Å². The minimum Gasteiger partial charge on any atom is -0.321 e. The molecule has 7 heteroatoms. The molecule has 0 radical (unpaired) electrons. The molecule has 126 valence electrons. The zero-order valence-electron chi connectivity index (χ0n) is 13.1. The molecule has 1 saturated heterocycles. The Morgan fingerprint density at radius 3 is 2.67 bits per heavy atom. The molecule has 5 nitrogen and oxygen atoms in total. The fourth-order valence-corrected chi connectivity index (χ4v) is 4.80. The van der Waals surface area contributed by atoms with E-state index < -0.39 is 10.0 Å². The van der Waals surface area contributed by atoms with Gasteiger partial charge >= 0.3 is 0 Å². The molecule has 0 aromatic heterocycles. The van der Waals surface area contributed by atoms with Crippen LogP contribution in [0.25, 0.3) is 0 Å². The number of halogens is 1. The lowest BCUT2D eigenvalue weighted by atomic mass is 10.1. The van der Waals surface area contributed by atoms with E-state index in [0.29, 0.717) is 29.9 Å². The molecule has 1 aliphatic heterocycles. The molecule has 1 N–H and O–H groups in total. The second kappa shape index (κ2) is 6.57. The van der Waals surface area contributed by atoms with Crippen molar-refractivity contribution in [3.8, 4) is 0 Å². The monoisotopic (exact) mass is 408 g/mol. The van der Waals surface area contributed by atoms with Crippen LogP contribution in [0.5, 0.6) is 0 Å². The van der Waals surface area contributed by atoms with Crippen LogP contribution in [-0.2, 0) is 10.0 Å². The molecule has 0 atom stereocenters. The molecular weight excluding hydrogens is 392 g/mol. The molecule has 0 unspecified atom stereocenters. The lowest BCUT2D eigenvalue weighted by Crippen LogP contribution is -2.25. The van der Waals surface area contributed by atoms with Crippen molar-refractivity contribution in [3.05, 3.63) is 58.1 Å². The Hall–Kier alpha value is -1.86. The van der Waals surface area contributed by atoms with Gasteiger partial charge in [0, 0.05) is 16.6 Å². The van der Waals surface area contributed by atoms with Crippen molar-refractivity contribution in [2.75, 3.05) is 21.9 Å². The average molecular weight is 409 g/mol. The predicted octanol–water partition coefficient (Wildman–Crippen LogP) is 3.55. The maximum absolute atomic E-state index is 12.5. The first-order valence-corrected chi connectivity index (χ1v) is 9.95. The summed E-state index contributed by atoms with van der Waals surface area (Å²) < 4.78 is 26.2. The summed E-state index contributed by atoms with van der Waals surface area (Å²) in [6.45, 7) is 2.42. The van der Waals surface area contributed by atoms with Crippen LogP contribution in [0.4, 0.5) is 11.4 Å². The van der Waals surface area contributed by atoms with Crippen molar-refractivity contribution in [1.82, 2.24) is 0 Å². The number of hydrogen-bond donors (Lipinski definition) is 1.